The third kappa shape index (κ3) is 2.78. The van der Waals surface area contributed by atoms with E-state index in [1.165, 1.54) is 12.1 Å². The summed E-state index contributed by atoms with van der Waals surface area (Å²) in [7, 11) is 0. The normalized spacial score (nSPS) is 8.62. The number of hydrogen-bond acceptors (Lipinski definition) is 2. The Morgan fingerprint density at radius 1 is 0.923 bits per heavy atom. The van der Waals surface area contributed by atoms with Crippen molar-refractivity contribution in [2.24, 2.45) is 11.5 Å². The largest absolute Gasteiger partial charge is 0.366 e. The quantitative estimate of drug-likeness (QED) is 0.733. The molecule has 1 aromatic carbocycles. The minimum atomic E-state index is -0.649. The van der Waals surface area contributed by atoms with Crippen LogP contribution in [-0.4, -0.2) is 38.4 Å². The van der Waals surface area contributed by atoms with Crippen LogP contribution < -0.4 is 11.5 Å². The molecule has 0 fully saturated rings. The van der Waals surface area contributed by atoms with Gasteiger partial charge in [0, 0.05) is 26.6 Å². The molecule has 4 N–H and O–H groups in total. The zero-order valence-electron chi connectivity index (χ0n) is 6.69. The fraction of sp³-hybridized carbons (Fsp3) is 0. The predicted octanol–water partition coefficient (Wildman–Crippen LogP) is -0.496. The van der Waals surface area contributed by atoms with Crippen molar-refractivity contribution in [2.45, 2.75) is 0 Å². The van der Waals surface area contributed by atoms with Gasteiger partial charge in [0.05, 0.1) is 11.1 Å². The first-order valence-corrected chi connectivity index (χ1v) is 3.31. The average molecular weight is 373 g/mol. The van der Waals surface area contributed by atoms with Crippen LogP contribution in [0.4, 0.5) is 0 Å². The number of benzene rings is 1. The van der Waals surface area contributed by atoms with Crippen molar-refractivity contribution in [1.82, 2.24) is 0 Å². The molecular formula is C8H8N2O2Po. The van der Waals surface area contributed by atoms with E-state index < -0.39 is 11.8 Å². The number of amides is 2. The van der Waals surface area contributed by atoms with E-state index in [-0.39, 0.29) is 37.7 Å². The molecule has 1 rings (SSSR count). The summed E-state index contributed by atoms with van der Waals surface area (Å²) in [4.78, 5) is 21.5. The van der Waals surface area contributed by atoms with Gasteiger partial charge in [0.2, 0.25) is 11.8 Å². The van der Waals surface area contributed by atoms with Gasteiger partial charge >= 0.3 is 0 Å². The Balaban J connectivity index is 0.00000144. The fourth-order valence-corrected chi connectivity index (χ4v) is 0.913. The van der Waals surface area contributed by atoms with Crippen LogP contribution >= 0.6 is 0 Å². The van der Waals surface area contributed by atoms with Gasteiger partial charge in [-0.25, -0.2) is 0 Å². The second kappa shape index (κ2) is 4.93. The van der Waals surface area contributed by atoms with Gasteiger partial charge in [-0.15, -0.1) is 0 Å². The molecule has 0 aromatic heterocycles. The Hall–Kier alpha value is -0.944. The summed E-state index contributed by atoms with van der Waals surface area (Å²) in [5.41, 5.74) is 10.3. The molecule has 2 radical (unpaired) electrons. The Kier molecular flexibility index (Phi) is 4.57. The summed E-state index contributed by atoms with van der Waals surface area (Å²) in [5.74, 6) is -1.30. The van der Waals surface area contributed by atoms with Crippen molar-refractivity contribution in [3.63, 3.8) is 0 Å². The second-order valence-electron chi connectivity index (χ2n) is 2.27. The molecule has 0 aliphatic rings. The number of carbonyl (C=O) groups is 2. The molecule has 4 nitrogen and oxygen atoms in total. The third-order valence-electron chi connectivity index (χ3n) is 1.46. The average Bonchev–Trinajstić information content (AvgIpc) is 2.04. The van der Waals surface area contributed by atoms with E-state index >= 15 is 0 Å². The van der Waals surface area contributed by atoms with Gasteiger partial charge < -0.3 is 11.5 Å². The Labute approximate surface area is 94.8 Å². The number of primary amides is 2. The van der Waals surface area contributed by atoms with E-state index in [1.54, 1.807) is 12.1 Å². The minimum absolute atomic E-state index is 0. The number of hydrogen-bond donors (Lipinski definition) is 2. The van der Waals surface area contributed by atoms with Crippen LogP contribution in [-0.2, 0) is 0 Å². The first kappa shape index (κ1) is 12.1. The SMILES string of the molecule is NC(=O)c1ccccc1C(N)=O.[Po]. The standard InChI is InChI=1S/C8H8N2O2.Po/c9-7(11)5-3-1-2-4-6(5)8(10)12;/h1-4H,(H2,9,11)(H2,10,12);. The Morgan fingerprint density at radius 2 is 1.23 bits per heavy atom. The second-order valence-corrected chi connectivity index (χ2v) is 2.27. The molecule has 0 saturated carbocycles. The zero-order chi connectivity index (χ0) is 9.14. The van der Waals surface area contributed by atoms with E-state index in [0.29, 0.717) is 0 Å². The van der Waals surface area contributed by atoms with Gasteiger partial charge in [-0.3, -0.25) is 9.59 Å². The van der Waals surface area contributed by atoms with Crippen molar-refractivity contribution in [3.05, 3.63) is 35.4 Å². The minimum Gasteiger partial charge on any atom is -0.366 e. The van der Waals surface area contributed by atoms with Gasteiger partial charge in [-0.2, -0.15) is 0 Å². The van der Waals surface area contributed by atoms with Gasteiger partial charge in [-0.05, 0) is 12.1 Å². The maximum Gasteiger partial charge on any atom is 0.249 e. The van der Waals surface area contributed by atoms with Crippen LogP contribution in [0.1, 0.15) is 20.7 Å². The Morgan fingerprint density at radius 3 is 1.46 bits per heavy atom. The van der Waals surface area contributed by atoms with E-state index in [1.807, 2.05) is 0 Å². The third-order valence-corrected chi connectivity index (χ3v) is 1.46. The molecule has 0 atom stereocenters. The predicted molar refractivity (Wildman–Crippen MR) is 49.2 cm³/mol. The molecule has 0 unspecified atom stereocenters. The van der Waals surface area contributed by atoms with Gasteiger partial charge in [-0.1, -0.05) is 12.1 Å². The van der Waals surface area contributed by atoms with Gasteiger partial charge in [0.15, 0.2) is 0 Å². The van der Waals surface area contributed by atoms with Gasteiger partial charge in [0.1, 0.15) is 0 Å². The number of carbonyl (C=O) groups excluding carboxylic acids is 2. The summed E-state index contributed by atoms with van der Waals surface area (Å²) in [6.07, 6.45) is 0. The van der Waals surface area contributed by atoms with E-state index in [4.69, 9.17) is 11.5 Å². The molecule has 68 valence electrons. The summed E-state index contributed by atoms with van der Waals surface area (Å²) < 4.78 is 0. The number of rotatable bonds is 2. The maximum absolute atomic E-state index is 10.7. The molecule has 5 heteroatoms. The number of nitrogens with two attached hydrogens (primary N) is 2. The van der Waals surface area contributed by atoms with Crippen LogP contribution in [0.15, 0.2) is 24.3 Å². The maximum atomic E-state index is 10.7. The first-order chi connectivity index (χ1) is 5.63. The van der Waals surface area contributed by atoms with E-state index in [9.17, 15) is 9.59 Å². The van der Waals surface area contributed by atoms with Crippen molar-refractivity contribution in [1.29, 1.82) is 0 Å². The topological polar surface area (TPSA) is 86.2 Å². The van der Waals surface area contributed by atoms with Crippen LogP contribution in [0.25, 0.3) is 0 Å². The van der Waals surface area contributed by atoms with Crippen molar-refractivity contribution < 1.29 is 9.59 Å². The molecule has 0 spiro atoms. The van der Waals surface area contributed by atoms with Crippen molar-refractivity contribution >= 4 is 38.4 Å². The molecule has 1 aromatic rings. The Bertz CT molecular complexity index is 306. The monoisotopic (exact) mass is 373 g/mol. The molecule has 0 aliphatic heterocycles. The van der Waals surface area contributed by atoms with Crippen LogP contribution in [0.5, 0.6) is 0 Å². The van der Waals surface area contributed by atoms with Crippen molar-refractivity contribution in [3.8, 4) is 0 Å². The molecule has 0 aliphatic carbocycles. The summed E-state index contributed by atoms with van der Waals surface area (Å²) in [6, 6.07) is 6.16. The zero-order valence-corrected chi connectivity index (χ0v) is 9.86. The summed E-state index contributed by atoms with van der Waals surface area (Å²) in [6.45, 7) is 0. The van der Waals surface area contributed by atoms with Crippen molar-refractivity contribution in [2.75, 3.05) is 0 Å². The van der Waals surface area contributed by atoms with Crippen LogP contribution in [0, 0.1) is 0 Å². The van der Waals surface area contributed by atoms with E-state index in [0.717, 1.165) is 0 Å². The van der Waals surface area contributed by atoms with Crippen LogP contribution in [0.3, 0.4) is 0 Å². The van der Waals surface area contributed by atoms with Crippen LogP contribution in [0.2, 0.25) is 0 Å². The van der Waals surface area contributed by atoms with Gasteiger partial charge in [0.25, 0.3) is 0 Å². The molecule has 0 bridgehead atoms. The summed E-state index contributed by atoms with van der Waals surface area (Å²) in [5, 5.41) is 0. The molecular weight excluding hydrogens is 365 g/mol. The molecule has 2 amide bonds. The smallest absolute Gasteiger partial charge is 0.249 e. The molecule has 0 heterocycles. The first-order valence-electron chi connectivity index (χ1n) is 3.31. The molecule has 13 heavy (non-hydrogen) atoms. The summed E-state index contributed by atoms with van der Waals surface area (Å²) >= 11 is 0. The molecule has 0 saturated heterocycles. The van der Waals surface area contributed by atoms with E-state index in [2.05, 4.69) is 0 Å². The fourth-order valence-electron chi connectivity index (χ4n) is 0.913.